The van der Waals surface area contributed by atoms with Crippen molar-refractivity contribution in [1.29, 1.82) is 0 Å². The standard InChI is InChI=1S/C9H13F2NO2/c1-8(10,11)7(13)12-4-9(14,5-12)6-2-3-6/h6,14H,2-5H2,1H3. The third-order valence-corrected chi connectivity index (χ3v) is 2.93. The second kappa shape index (κ2) is 2.66. The van der Waals surface area contributed by atoms with Crippen molar-refractivity contribution in [3.05, 3.63) is 0 Å². The molecule has 1 aliphatic heterocycles. The van der Waals surface area contributed by atoms with Gasteiger partial charge in [0.05, 0.1) is 13.1 Å². The van der Waals surface area contributed by atoms with Crippen molar-refractivity contribution in [1.82, 2.24) is 4.90 Å². The van der Waals surface area contributed by atoms with Crippen molar-refractivity contribution in [2.75, 3.05) is 13.1 Å². The maximum atomic E-state index is 12.6. The van der Waals surface area contributed by atoms with Crippen molar-refractivity contribution in [3.8, 4) is 0 Å². The lowest BCUT2D eigenvalue weighted by molar-refractivity contribution is -0.180. The second-order valence-electron chi connectivity index (χ2n) is 4.43. The van der Waals surface area contributed by atoms with Gasteiger partial charge in [0, 0.05) is 6.92 Å². The highest BCUT2D eigenvalue weighted by Crippen LogP contribution is 2.45. The number of amides is 1. The number of β-amino-alcohol motifs (C(OH)–C–C–N with tert-alkyl or cyclic N) is 1. The lowest BCUT2D eigenvalue weighted by atomic mass is 9.88. The van der Waals surface area contributed by atoms with E-state index in [2.05, 4.69) is 0 Å². The zero-order valence-electron chi connectivity index (χ0n) is 7.96. The molecule has 2 rings (SSSR count). The Hall–Kier alpha value is -0.710. The molecule has 5 heteroatoms. The van der Waals surface area contributed by atoms with Gasteiger partial charge >= 0.3 is 5.92 Å². The first-order valence-electron chi connectivity index (χ1n) is 4.72. The number of likely N-dealkylation sites (tertiary alicyclic amines) is 1. The lowest BCUT2D eigenvalue weighted by Crippen LogP contribution is -2.66. The predicted molar refractivity (Wildman–Crippen MR) is 44.9 cm³/mol. The monoisotopic (exact) mass is 205 g/mol. The van der Waals surface area contributed by atoms with Crippen LogP contribution in [0, 0.1) is 5.92 Å². The van der Waals surface area contributed by atoms with Crippen LogP contribution in [-0.2, 0) is 4.79 Å². The smallest absolute Gasteiger partial charge is 0.322 e. The highest BCUT2D eigenvalue weighted by atomic mass is 19.3. The van der Waals surface area contributed by atoms with E-state index in [1.807, 2.05) is 0 Å². The quantitative estimate of drug-likeness (QED) is 0.718. The fourth-order valence-corrected chi connectivity index (χ4v) is 1.91. The Bertz CT molecular complexity index is 264. The van der Waals surface area contributed by atoms with Crippen LogP contribution in [0.2, 0.25) is 0 Å². The van der Waals surface area contributed by atoms with Crippen molar-refractivity contribution in [3.63, 3.8) is 0 Å². The zero-order chi connectivity index (χ0) is 10.6. The molecule has 2 fully saturated rings. The SMILES string of the molecule is CC(F)(F)C(=O)N1CC(O)(C2CC2)C1. The van der Waals surface area contributed by atoms with E-state index in [9.17, 15) is 18.7 Å². The maximum absolute atomic E-state index is 12.6. The molecule has 1 aliphatic carbocycles. The molecule has 0 radical (unpaired) electrons. The largest absolute Gasteiger partial charge is 0.386 e. The van der Waals surface area contributed by atoms with Gasteiger partial charge in [-0.25, -0.2) is 0 Å². The molecule has 1 saturated heterocycles. The molecule has 3 nitrogen and oxygen atoms in total. The summed E-state index contributed by atoms with van der Waals surface area (Å²) in [6, 6.07) is 0. The second-order valence-corrected chi connectivity index (χ2v) is 4.43. The van der Waals surface area contributed by atoms with E-state index in [1.54, 1.807) is 0 Å². The van der Waals surface area contributed by atoms with Crippen molar-refractivity contribution >= 4 is 5.91 Å². The van der Waals surface area contributed by atoms with E-state index >= 15 is 0 Å². The Balaban J connectivity index is 1.91. The number of rotatable bonds is 2. The lowest BCUT2D eigenvalue weighted by Gasteiger charge is -2.47. The molecule has 2 aliphatic rings. The molecular weight excluding hydrogens is 192 g/mol. The van der Waals surface area contributed by atoms with Crippen LogP contribution in [0.5, 0.6) is 0 Å². The number of aliphatic hydroxyl groups is 1. The fraction of sp³-hybridized carbons (Fsp3) is 0.889. The number of halogens is 2. The van der Waals surface area contributed by atoms with Gasteiger partial charge < -0.3 is 10.0 Å². The van der Waals surface area contributed by atoms with Crippen LogP contribution in [0.3, 0.4) is 0 Å². The molecule has 1 amide bonds. The molecule has 0 aromatic rings. The first-order valence-corrected chi connectivity index (χ1v) is 4.72. The summed E-state index contributed by atoms with van der Waals surface area (Å²) < 4.78 is 25.2. The Kier molecular flexibility index (Phi) is 1.86. The highest BCUT2D eigenvalue weighted by molar-refractivity contribution is 5.84. The first kappa shape index (κ1) is 9.83. The van der Waals surface area contributed by atoms with Gasteiger partial charge in [-0.15, -0.1) is 0 Å². The van der Waals surface area contributed by atoms with Crippen LogP contribution < -0.4 is 0 Å². The van der Waals surface area contributed by atoms with Gasteiger partial charge in [-0.2, -0.15) is 8.78 Å². The minimum Gasteiger partial charge on any atom is -0.386 e. The minimum atomic E-state index is -3.31. The highest BCUT2D eigenvalue weighted by Gasteiger charge is 2.55. The van der Waals surface area contributed by atoms with Gasteiger partial charge in [-0.05, 0) is 18.8 Å². The molecule has 0 unspecified atom stereocenters. The molecule has 0 aromatic heterocycles. The van der Waals surface area contributed by atoms with Crippen molar-refractivity contribution in [2.45, 2.75) is 31.3 Å². The van der Waals surface area contributed by atoms with Gasteiger partial charge in [0.2, 0.25) is 0 Å². The van der Waals surface area contributed by atoms with Gasteiger partial charge in [-0.1, -0.05) is 0 Å². The summed E-state index contributed by atoms with van der Waals surface area (Å²) in [4.78, 5) is 12.1. The topological polar surface area (TPSA) is 40.5 Å². The third kappa shape index (κ3) is 1.49. The minimum absolute atomic E-state index is 0.0694. The number of carbonyl (C=O) groups is 1. The summed E-state index contributed by atoms with van der Waals surface area (Å²) in [5, 5.41) is 9.80. The maximum Gasteiger partial charge on any atom is 0.322 e. The molecule has 0 spiro atoms. The molecule has 1 saturated carbocycles. The van der Waals surface area contributed by atoms with E-state index < -0.39 is 17.4 Å². The molecule has 0 bridgehead atoms. The van der Waals surface area contributed by atoms with Crippen LogP contribution in [0.15, 0.2) is 0 Å². The average molecular weight is 205 g/mol. The summed E-state index contributed by atoms with van der Waals surface area (Å²) in [6.07, 6.45) is 1.89. The average Bonchev–Trinajstić information content (AvgIpc) is 2.77. The van der Waals surface area contributed by atoms with E-state index in [4.69, 9.17) is 0 Å². The van der Waals surface area contributed by atoms with E-state index in [-0.39, 0.29) is 19.0 Å². The zero-order valence-corrected chi connectivity index (χ0v) is 7.96. The van der Waals surface area contributed by atoms with Crippen molar-refractivity contribution in [2.24, 2.45) is 5.92 Å². The Morgan fingerprint density at radius 2 is 2.00 bits per heavy atom. The van der Waals surface area contributed by atoms with Gasteiger partial charge in [0.15, 0.2) is 0 Å². The van der Waals surface area contributed by atoms with E-state index in [0.717, 1.165) is 17.7 Å². The summed E-state index contributed by atoms with van der Waals surface area (Å²) in [5.74, 6) is -4.27. The summed E-state index contributed by atoms with van der Waals surface area (Å²) >= 11 is 0. The van der Waals surface area contributed by atoms with Gasteiger partial charge in [0.1, 0.15) is 5.60 Å². The molecular formula is C9H13F2NO2. The van der Waals surface area contributed by atoms with E-state index in [1.165, 1.54) is 0 Å². The van der Waals surface area contributed by atoms with Crippen LogP contribution in [0.1, 0.15) is 19.8 Å². The number of carbonyl (C=O) groups excluding carboxylic acids is 1. The number of nitrogens with zero attached hydrogens (tertiary/aromatic N) is 1. The van der Waals surface area contributed by atoms with Crippen LogP contribution in [-0.4, -0.2) is 40.5 Å². The van der Waals surface area contributed by atoms with E-state index in [0.29, 0.717) is 6.92 Å². The first-order chi connectivity index (χ1) is 6.33. The molecule has 80 valence electrons. The van der Waals surface area contributed by atoms with Gasteiger partial charge in [-0.3, -0.25) is 4.79 Å². The fourth-order valence-electron chi connectivity index (χ4n) is 1.91. The Morgan fingerprint density at radius 1 is 1.50 bits per heavy atom. The Morgan fingerprint density at radius 3 is 2.36 bits per heavy atom. The number of hydrogen-bond donors (Lipinski definition) is 1. The Labute approximate surface area is 80.7 Å². The molecule has 1 heterocycles. The summed E-state index contributed by atoms with van der Waals surface area (Å²) in [5.41, 5.74) is -0.874. The number of hydrogen-bond acceptors (Lipinski definition) is 2. The van der Waals surface area contributed by atoms with Crippen molar-refractivity contribution < 1.29 is 18.7 Å². The third-order valence-electron chi connectivity index (χ3n) is 2.93. The molecule has 14 heavy (non-hydrogen) atoms. The van der Waals surface area contributed by atoms with Crippen LogP contribution in [0.25, 0.3) is 0 Å². The summed E-state index contributed by atoms with van der Waals surface area (Å²) in [7, 11) is 0. The molecule has 0 atom stereocenters. The number of alkyl halides is 2. The summed E-state index contributed by atoms with van der Waals surface area (Å²) in [6.45, 7) is 0.726. The van der Waals surface area contributed by atoms with Crippen LogP contribution in [0.4, 0.5) is 8.78 Å². The van der Waals surface area contributed by atoms with Crippen LogP contribution >= 0.6 is 0 Å². The molecule has 0 aromatic carbocycles. The van der Waals surface area contributed by atoms with Gasteiger partial charge in [0.25, 0.3) is 5.91 Å². The molecule has 1 N–H and O–H groups in total. The normalized spacial score (nSPS) is 25.9. The predicted octanol–water partition coefficient (Wildman–Crippen LogP) is 0.625.